The molecule has 39 heavy (non-hydrogen) atoms. The minimum Gasteiger partial charge on any atom is -0.366 e. The molecule has 0 radical (unpaired) electrons. The Balaban J connectivity index is 1.57. The van der Waals surface area contributed by atoms with Crippen molar-refractivity contribution in [3.05, 3.63) is 94.3 Å². The molecule has 0 atom stereocenters. The van der Waals surface area contributed by atoms with Crippen LogP contribution in [-0.2, 0) is 13.6 Å². The summed E-state index contributed by atoms with van der Waals surface area (Å²) in [5.74, 6) is -1.28. The van der Waals surface area contributed by atoms with E-state index in [1.165, 1.54) is 27.7 Å². The maximum Gasteiger partial charge on any atom is 0.350 e. The zero-order chi connectivity index (χ0) is 27.8. The smallest absolute Gasteiger partial charge is 0.350 e. The molecule has 5 aromatic rings. The summed E-state index contributed by atoms with van der Waals surface area (Å²) in [5.41, 5.74) is 8.74. The van der Waals surface area contributed by atoms with E-state index in [2.05, 4.69) is 15.5 Å². The van der Waals surface area contributed by atoms with Crippen LogP contribution in [0.1, 0.15) is 26.4 Å². The van der Waals surface area contributed by atoms with Gasteiger partial charge in [0.25, 0.3) is 12.3 Å². The fourth-order valence-electron chi connectivity index (χ4n) is 4.48. The third kappa shape index (κ3) is 4.79. The van der Waals surface area contributed by atoms with E-state index in [1.807, 2.05) is 12.1 Å². The Kier molecular flexibility index (Phi) is 6.52. The predicted molar refractivity (Wildman–Crippen MR) is 141 cm³/mol. The number of halogens is 2. The van der Waals surface area contributed by atoms with Crippen LogP contribution in [0, 0.1) is 6.92 Å². The molecule has 198 valence electrons. The molecule has 2 aromatic heterocycles. The van der Waals surface area contributed by atoms with Crippen molar-refractivity contribution in [2.45, 2.75) is 19.9 Å². The highest BCUT2D eigenvalue weighted by Gasteiger charge is 2.23. The number of rotatable bonds is 7. The number of primary amides is 1. The number of nitrogens with zero attached hydrogens (tertiary/aromatic N) is 5. The van der Waals surface area contributed by atoms with E-state index in [0.29, 0.717) is 27.8 Å². The molecule has 0 saturated carbocycles. The van der Waals surface area contributed by atoms with Crippen molar-refractivity contribution in [1.29, 1.82) is 0 Å². The number of anilines is 1. The molecular weight excluding hydrogens is 508 g/mol. The van der Waals surface area contributed by atoms with E-state index in [-0.39, 0.29) is 16.9 Å². The van der Waals surface area contributed by atoms with E-state index < -0.39 is 24.8 Å². The number of aromatic nitrogens is 5. The SMILES string of the molecule is Cc1c(-c2ccc(-n3cnn(C)c3=O)cc2)ccc2c1c(C(=O)Nc1cccc(C(N)=O)c1)nn2CC(F)F. The quantitative estimate of drug-likeness (QED) is 0.332. The van der Waals surface area contributed by atoms with Gasteiger partial charge in [0.05, 0.1) is 11.2 Å². The summed E-state index contributed by atoms with van der Waals surface area (Å²) in [6.07, 6.45) is -1.25. The third-order valence-corrected chi connectivity index (χ3v) is 6.39. The Hall–Kier alpha value is -5.13. The van der Waals surface area contributed by atoms with Gasteiger partial charge in [0.1, 0.15) is 12.9 Å². The molecule has 0 spiro atoms. The lowest BCUT2D eigenvalue weighted by molar-refractivity contribution is 0.0995. The fourth-order valence-corrected chi connectivity index (χ4v) is 4.48. The number of hydrogen-bond donors (Lipinski definition) is 2. The first-order valence-corrected chi connectivity index (χ1v) is 11.8. The number of amides is 2. The molecule has 2 amide bonds. The number of carbonyl (C=O) groups excluding carboxylic acids is 2. The van der Waals surface area contributed by atoms with Gasteiger partial charge in [-0.1, -0.05) is 24.3 Å². The zero-order valence-electron chi connectivity index (χ0n) is 20.9. The molecule has 0 aliphatic rings. The van der Waals surface area contributed by atoms with E-state index in [1.54, 1.807) is 50.4 Å². The highest BCUT2D eigenvalue weighted by molar-refractivity contribution is 6.13. The van der Waals surface area contributed by atoms with Gasteiger partial charge >= 0.3 is 5.69 Å². The summed E-state index contributed by atoms with van der Waals surface area (Å²) < 4.78 is 30.4. The standard InChI is InChI=1S/C27H23F2N7O3/c1-15-20(16-6-8-19(9-7-16)35-14-31-34(2)27(35)39)10-11-21-23(15)24(33-36(21)13-22(28)29)26(38)32-18-5-3-4-17(12-18)25(30)37/h3-12,14,22H,13H2,1-2H3,(H2,30,37)(H,32,38). The molecular formula is C27H23F2N7O3. The van der Waals surface area contributed by atoms with Crippen molar-refractivity contribution in [1.82, 2.24) is 24.1 Å². The molecule has 5 rings (SSSR count). The Labute approximate surface area is 220 Å². The maximum absolute atomic E-state index is 13.3. The van der Waals surface area contributed by atoms with E-state index >= 15 is 0 Å². The van der Waals surface area contributed by atoms with Crippen molar-refractivity contribution in [2.75, 3.05) is 5.32 Å². The number of hydrogen-bond acceptors (Lipinski definition) is 5. The molecule has 3 N–H and O–H groups in total. The maximum atomic E-state index is 13.3. The second-order valence-electron chi connectivity index (χ2n) is 8.91. The lowest BCUT2D eigenvalue weighted by atomic mass is 9.96. The molecule has 12 heteroatoms. The highest BCUT2D eigenvalue weighted by Crippen LogP contribution is 2.33. The molecule has 0 unspecified atom stereocenters. The van der Waals surface area contributed by atoms with Gasteiger partial charge in [-0.2, -0.15) is 10.2 Å². The molecule has 0 bridgehead atoms. The monoisotopic (exact) mass is 531 g/mol. The van der Waals surface area contributed by atoms with Crippen molar-refractivity contribution in [3.63, 3.8) is 0 Å². The molecule has 10 nitrogen and oxygen atoms in total. The van der Waals surface area contributed by atoms with Crippen molar-refractivity contribution >= 4 is 28.4 Å². The van der Waals surface area contributed by atoms with Crippen molar-refractivity contribution in [2.24, 2.45) is 12.8 Å². The van der Waals surface area contributed by atoms with Crippen LogP contribution in [0.3, 0.4) is 0 Å². The van der Waals surface area contributed by atoms with Gasteiger partial charge in [-0.05, 0) is 60.0 Å². The van der Waals surface area contributed by atoms with Crippen LogP contribution in [0.15, 0.2) is 71.8 Å². The van der Waals surface area contributed by atoms with Gasteiger partial charge in [0.15, 0.2) is 5.69 Å². The van der Waals surface area contributed by atoms with Crippen LogP contribution in [0.25, 0.3) is 27.7 Å². The van der Waals surface area contributed by atoms with Crippen LogP contribution < -0.4 is 16.7 Å². The van der Waals surface area contributed by atoms with Gasteiger partial charge in [-0.3, -0.25) is 14.3 Å². The van der Waals surface area contributed by atoms with Gasteiger partial charge in [-0.25, -0.2) is 22.8 Å². The van der Waals surface area contributed by atoms with Crippen LogP contribution in [0.2, 0.25) is 0 Å². The van der Waals surface area contributed by atoms with Gasteiger partial charge in [-0.15, -0.1) is 0 Å². The van der Waals surface area contributed by atoms with Crippen LogP contribution in [0.5, 0.6) is 0 Å². The number of nitrogens with one attached hydrogen (secondary N) is 1. The molecule has 0 saturated heterocycles. The summed E-state index contributed by atoms with van der Waals surface area (Å²) in [5, 5.41) is 11.3. The molecule has 0 aliphatic heterocycles. The molecule has 3 aromatic carbocycles. The zero-order valence-corrected chi connectivity index (χ0v) is 20.9. The summed E-state index contributed by atoms with van der Waals surface area (Å²) in [4.78, 5) is 37.1. The molecule has 2 heterocycles. The summed E-state index contributed by atoms with van der Waals surface area (Å²) in [6.45, 7) is 1.10. The van der Waals surface area contributed by atoms with Crippen LogP contribution in [0.4, 0.5) is 14.5 Å². The largest absolute Gasteiger partial charge is 0.366 e. The van der Waals surface area contributed by atoms with E-state index in [0.717, 1.165) is 15.8 Å². The number of nitrogens with two attached hydrogens (primary N) is 1. The van der Waals surface area contributed by atoms with Crippen molar-refractivity contribution in [3.8, 4) is 16.8 Å². The minimum absolute atomic E-state index is 0.0342. The van der Waals surface area contributed by atoms with Gasteiger partial charge < -0.3 is 11.1 Å². The molecule has 0 fully saturated rings. The van der Waals surface area contributed by atoms with Crippen LogP contribution in [-0.4, -0.2) is 42.4 Å². The Bertz CT molecular complexity index is 1790. The lowest BCUT2D eigenvalue weighted by Crippen LogP contribution is -2.21. The van der Waals surface area contributed by atoms with Crippen molar-refractivity contribution < 1.29 is 18.4 Å². The number of fused-ring (bicyclic) bond motifs is 1. The van der Waals surface area contributed by atoms with Crippen LogP contribution >= 0.6 is 0 Å². The fraction of sp³-hybridized carbons (Fsp3) is 0.148. The second kappa shape index (κ2) is 9.97. The first-order valence-electron chi connectivity index (χ1n) is 11.8. The van der Waals surface area contributed by atoms with E-state index in [9.17, 15) is 23.2 Å². The first-order chi connectivity index (χ1) is 18.6. The summed E-state index contributed by atoms with van der Waals surface area (Å²) in [6, 6.07) is 16.7. The molecule has 0 aliphatic carbocycles. The summed E-state index contributed by atoms with van der Waals surface area (Å²) >= 11 is 0. The Morgan fingerprint density at radius 1 is 1.08 bits per heavy atom. The average molecular weight is 532 g/mol. The average Bonchev–Trinajstić information content (AvgIpc) is 3.44. The number of aryl methyl sites for hydroxylation is 2. The van der Waals surface area contributed by atoms with E-state index in [4.69, 9.17) is 5.73 Å². The first kappa shape index (κ1) is 25.5. The Morgan fingerprint density at radius 2 is 1.82 bits per heavy atom. The normalized spacial score (nSPS) is 11.3. The van der Waals surface area contributed by atoms with Gasteiger partial charge in [0, 0.05) is 23.7 Å². The number of benzene rings is 3. The third-order valence-electron chi connectivity index (χ3n) is 6.39. The summed E-state index contributed by atoms with van der Waals surface area (Å²) in [7, 11) is 1.56. The second-order valence-corrected chi connectivity index (χ2v) is 8.91. The highest BCUT2D eigenvalue weighted by atomic mass is 19.3. The Morgan fingerprint density at radius 3 is 2.46 bits per heavy atom. The minimum atomic E-state index is -2.68. The number of carbonyl (C=O) groups is 2. The lowest BCUT2D eigenvalue weighted by Gasteiger charge is -2.11. The topological polar surface area (TPSA) is 130 Å². The number of alkyl halides is 2. The predicted octanol–water partition coefficient (Wildman–Crippen LogP) is 3.51. The van der Waals surface area contributed by atoms with Gasteiger partial charge in [0.2, 0.25) is 5.91 Å².